The van der Waals surface area contributed by atoms with Gasteiger partial charge in [-0.1, -0.05) is 17.7 Å². The minimum atomic E-state index is -0.353. The van der Waals surface area contributed by atoms with Gasteiger partial charge in [-0.25, -0.2) is 4.98 Å². The minimum Gasteiger partial charge on any atom is -0.344 e. The lowest BCUT2D eigenvalue weighted by Gasteiger charge is -2.15. The summed E-state index contributed by atoms with van der Waals surface area (Å²) in [6.45, 7) is 1.46. The van der Waals surface area contributed by atoms with Crippen LogP contribution in [0.3, 0.4) is 0 Å². The molecular formula is C15H11ClN4O2. The van der Waals surface area contributed by atoms with Crippen LogP contribution in [0.1, 0.15) is 24.2 Å². The molecule has 2 heterocycles. The van der Waals surface area contributed by atoms with Crippen molar-refractivity contribution in [2.45, 2.75) is 13.0 Å². The lowest BCUT2D eigenvalue weighted by atomic mass is 10.1. The lowest BCUT2D eigenvalue weighted by Crippen LogP contribution is -2.27. The van der Waals surface area contributed by atoms with E-state index in [0.29, 0.717) is 16.4 Å². The van der Waals surface area contributed by atoms with Crippen LogP contribution in [0.2, 0.25) is 5.02 Å². The number of imidazole rings is 1. The van der Waals surface area contributed by atoms with Gasteiger partial charge in [0.05, 0.1) is 17.4 Å². The average molecular weight is 315 g/mol. The summed E-state index contributed by atoms with van der Waals surface area (Å²) < 4.78 is 1.71. The summed E-state index contributed by atoms with van der Waals surface area (Å²) >= 11 is 6.08. The maximum absolute atomic E-state index is 12.2. The van der Waals surface area contributed by atoms with Gasteiger partial charge in [-0.3, -0.25) is 14.0 Å². The van der Waals surface area contributed by atoms with Crippen molar-refractivity contribution in [3.05, 3.63) is 57.2 Å². The highest BCUT2D eigenvalue weighted by molar-refractivity contribution is 6.31. The maximum atomic E-state index is 12.2. The SMILES string of the molecule is CC(=O)NC1c2ccc(Cl)cc2-c2[nH]c(=O)c3nccn3c21. The molecule has 3 aromatic rings. The third kappa shape index (κ3) is 1.70. The topological polar surface area (TPSA) is 79.3 Å². The molecular weight excluding hydrogens is 304 g/mol. The Morgan fingerprint density at radius 1 is 1.45 bits per heavy atom. The van der Waals surface area contributed by atoms with Gasteiger partial charge >= 0.3 is 0 Å². The first-order valence-corrected chi connectivity index (χ1v) is 7.10. The van der Waals surface area contributed by atoms with Gasteiger partial charge in [-0.15, -0.1) is 0 Å². The van der Waals surface area contributed by atoms with Gasteiger partial charge < -0.3 is 10.3 Å². The van der Waals surface area contributed by atoms with Gasteiger partial charge in [0.1, 0.15) is 0 Å². The largest absolute Gasteiger partial charge is 0.344 e. The quantitative estimate of drug-likeness (QED) is 0.720. The van der Waals surface area contributed by atoms with Gasteiger partial charge in [-0.2, -0.15) is 0 Å². The summed E-state index contributed by atoms with van der Waals surface area (Å²) in [5.41, 5.74) is 3.16. The molecule has 110 valence electrons. The summed E-state index contributed by atoms with van der Waals surface area (Å²) in [5, 5.41) is 3.49. The average Bonchev–Trinajstić information content (AvgIpc) is 3.03. The zero-order valence-electron chi connectivity index (χ0n) is 11.6. The molecule has 0 saturated heterocycles. The van der Waals surface area contributed by atoms with Crippen molar-refractivity contribution < 1.29 is 4.79 Å². The van der Waals surface area contributed by atoms with Gasteiger partial charge in [0.15, 0.2) is 0 Å². The molecule has 1 amide bonds. The van der Waals surface area contributed by atoms with Crippen molar-refractivity contribution in [2.24, 2.45) is 0 Å². The predicted octanol–water partition coefficient (Wildman–Crippen LogP) is 1.88. The molecule has 1 unspecified atom stereocenters. The van der Waals surface area contributed by atoms with E-state index in [1.807, 2.05) is 6.07 Å². The second kappa shape index (κ2) is 4.45. The second-order valence-electron chi connectivity index (χ2n) is 5.20. The first kappa shape index (κ1) is 13.1. The number of carbonyl (C=O) groups is 1. The molecule has 1 atom stereocenters. The van der Waals surface area contributed by atoms with Crippen LogP contribution < -0.4 is 10.9 Å². The Labute approximate surface area is 129 Å². The van der Waals surface area contributed by atoms with Gasteiger partial charge in [0.2, 0.25) is 11.6 Å². The summed E-state index contributed by atoms with van der Waals surface area (Å²) in [4.78, 5) is 30.7. The van der Waals surface area contributed by atoms with Gasteiger partial charge in [0, 0.05) is 29.9 Å². The van der Waals surface area contributed by atoms with Crippen LogP contribution in [0.15, 0.2) is 35.4 Å². The fourth-order valence-corrected chi connectivity index (χ4v) is 3.17. The molecule has 1 aliphatic carbocycles. The number of hydrogen-bond acceptors (Lipinski definition) is 3. The van der Waals surface area contributed by atoms with E-state index in [9.17, 15) is 9.59 Å². The first-order chi connectivity index (χ1) is 10.6. The number of benzene rings is 1. The van der Waals surface area contributed by atoms with Crippen molar-refractivity contribution in [3.8, 4) is 11.3 Å². The molecule has 0 radical (unpaired) electrons. The zero-order chi connectivity index (χ0) is 15.4. The fourth-order valence-electron chi connectivity index (χ4n) is 3.00. The number of carbonyl (C=O) groups excluding carboxylic acids is 1. The molecule has 4 rings (SSSR count). The molecule has 6 nitrogen and oxygen atoms in total. The van der Waals surface area contributed by atoms with E-state index in [-0.39, 0.29) is 17.5 Å². The Morgan fingerprint density at radius 3 is 3.05 bits per heavy atom. The molecule has 0 saturated carbocycles. The molecule has 1 aromatic carbocycles. The number of nitrogens with zero attached hydrogens (tertiary/aromatic N) is 2. The highest BCUT2D eigenvalue weighted by Crippen LogP contribution is 2.42. The Morgan fingerprint density at radius 2 is 2.27 bits per heavy atom. The van der Waals surface area contributed by atoms with Crippen LogP contribution in [0.5, 0.6) is 0 Å². The van der Waals surface area contributed by atoms with E-state index >= 15 is 0 Å². The van der Waals surface area contributed by atoms with E-state index < -0.39 is 0 Å². The monoisotopic (exact) mass is 314 g/mol. The number of halogens is 1. The highest BCUT2D eigenvalue weighted by Gasteiger charge is 2.33. The van der Waals surface area contributed by atoms with Crippen LogP contribution in [-0.2, 0) is 4.79 Å². The Balaban J connectivity index is 2.11. The second-order valence-corrected chi connectivity index (χ2v) is 5.64. The molecule has 0 fully saturated rings. The number of rotatable bonds is 1. The molecule has 1 aliphatic rings. The summed E-state index contributed by atoms with van der Waals surface area (Å²) in [5.74, 6) is -0.154. The smallest absolute Gasteiger partial charge is 0.292 e. The predicted molar refractivity (Wildman–Crippen MR) is 81.9 cm³/mol. The van der Waals surface area contributed by atoms with E-state index in [2.05, 4.69) is 15.3 Å². The number of amides is 1. The van der Waals surface area contributed by atoms with Crippen molar-refractivity contribution in [2.75, 3.05) is 0 Å². The van der Waals surface area contributed by atoms with Crippen LogP contribution in [0, 0.1) is 0 Å². The van der Waals surface area contributed by atoms with Crippen molar-refractivity contribution in [1.29, 1.82) is 0 Å². The standard InChI is InChI=1S/C15H11ClN4O2/c1-7(21)18-11-9-3-2-8(16)6-10(9)12-13(11)20-5-4-17-14(20)15(22)19-12/h2-6,11H,1H3,(H,18,21)(H,19,22). The lowest BCUT2D eigenvalue weighted by molar-refractivity contribution is -0.119. The molecule has 7 heteroatoms. The van der Waals surface area contributed by atoms with Crippen molar-refractivity contribution in [3.63, 3.8) is 0 Å². The minimum absolute atomic E-state index is 0.154. The Bertz CT molecular complexity index is 989. The number of hydrogen-bond donors (Lipinski definition) is 2. The Kier molecular flexibility index (Phi) is 2.65. The van der Waals surface area contributed by atoms with E-state index in [0.717, 1.165) is 16.8 Å². The summed E-state index contributed by atoms with van der Waals surface area (Å²) in [7, 11) is 0. The number of aromatic amines is 1. The zero-order valence-corrected chi connectivity index (χ0v) is 12.3. The molecule has 2 aromatic heterocycles. The third-order valence-electron chi connectivity index (χ3n) is 3.81. The van der Waals surface area contributed by atoms with Crippen LogP contribution in [0.4, 0.5) is 0 Å². The summed E-state index contributed by atoms with van der Waals surface area (Å²) in [6.07, 6.45) is 3.28. The van der Waals surface area contributed by atoms with Crippen molar-refractivity contribution in [1.82, 2.24) is 19.7 Å². The van der Waals surface area contributed by atoms with E-state index in [1.165, 1.54) is 6.92 Å². The first-order valence-electron chi connectivity index (χ1n) is 6.72. The fraction of sp³-hybridized carbons (Fsp3) is 0.133. The number of fused-ring (bicyclic) bond motifs is 5. The molecule has 2 N–H and O–H groups in total. The van der Waals surface area contributed by atoms with E-state index in [4.69, 9.17) is 11.6 Å². The summed E-state index contributed by atoms with van der Waals surface area (Å²) in [6, 6.07) is 5.06. The molecule has 0 spiro atoms. The van der Waals surface area contributed by atoms with Crippen molar-refractivity contribution >= 4 is 23.2 Å². The van der Waals surface area contributed by atoms with Gasteiger partial charge in [0.25, 0.3) is 5.56 Å². The maximum Gasteiger partial charge on any atom is 0.292 e. The van der Waals surface area contributed by atoms with Crippen LogP contribution in [-0.4, -0.2) is 20.3 Å². The normalized spacial score (nSPS) is 15.6. The number of aromatic nitrogens is 3. The van der Waals surface area contributed by atoms with Gasteiger partial charge in [-0.05, 0) is 17.7 Å². The Hall–Kier alpha value is -2.60. The van der Waals surface area contributed by atoms with E-state index in [1.54, 1.807) is 28.9 Å². The molecule has 0 aliphatic heterocycles. The molecule has 0 bridgehead atoms. The van der Waals surface area contributed by atoms with Crippen LogP contribution in [0.25, 0.3) is 16.9 Å². The number of H-pyrrole nitrogens is 1. The molecule has 22 heavy (non-hydrogen) atoms. The number of nitrogens with one attached hydrogen (secondary N) is 2. The third-order valence-corrected chi connectivity index (χ3v) is 4.05. The van der Waals surface area contributed by atoms with Crippen LogP contribution >= 0.6 is 11.6 Å². The highest BCUT2D eigenvalue weighted by atomic mass is 35.5.